The number of thioether (sulfide) groups is 1. The van der Waals surface area contributed by atoms with Crippen LogP contribution in [-0.2, 0) is 0 Å². The summed E-state index contributed by atoms with van der Waals surface area (Å²) in [5.74, 6) is -0.703. The fourth-order valence-electron chi connectivity index (χ4n) is 1.69. The number of halogens is 1. The highest BCUT2D eigenvalue weighted by Crippen LogP contribution is 2.27. The molecule has 0 radical (unpaired) electrons. The highest BCUT2D eigenvalue weighted by molar-refractivity contribution is 7.98. The molecule has 2 rings (SSSR count). The van der Waals surface area contributed by atoms with Crippen molar-refractivity contribution in [2.24, 2.45) is 0 Å². The maximum Gasteiger partial charge on any atom is 0.270 e. The van der Waals surface area contributed by atoms with Crippen LogP contribution in [0.25, 0.3) is 11.3 Å². The molecule has 7 heteroatoms. The van der Waals surface area contributed by atoms with E-state index in [-0.39, 0.29) is 27.5 Å². The van der Waals surface area contributed by atoms with E-state index in [9.17, 15) is 9.18 Å². The van der Waals surface area contributed by atoms with Gasteiger partial charge < -0.3 is 4.98 Å². The van der Waals surface area contributed by atoms with Crippen LogP contribution in [0.4, 0.5) is 4.39 Å². The SMILES string of the molecule is CSc1nc(-c2c(F)cccc2C#N)c(C#N)c(=O)[nH]1. The molecular weight excluding hydrogens is 279 g/mol. The lowest BCUT2D eigenvalue weighted by Gasteiger charge is -2.07. The largest absolute Gasteiger partial charge is 0.300 e. The summed E-state index contributed by atoms with van der Waals surface area (Å²) in [5.41, 5.74) is -1.20. The van der Waals surface area contributed by atoms with Crippen LogP contribution >= 0.6 is 11.8 Å². The van der Waals surface area contributed by atoms with Crippen molar-refractivity contribution in [2.45, 2.75) is 5.16 Å². The fraction of sp³-hybridized carbons (Fsp3) is 0.0769. The summed E-state index contributed by atoms with van der Waals surface area (Å²) >= 11 is 1.15. The van der Waals surface area contributed by atoms with E-state index in [0.717, 1.165) is 17.8 Å². The minimum absolute atomic E-state index is 0.0200. The third-order valence-electron chi connectivity index (χ3n) is 2.57. The van der Waals surface area contributed by atoms with Gasteiger partial charge in [0.1, 0.15) is 23.1 Å². The van der Waals surface area contributed by atoms with Crippen molar-refractivity contribution in [1.29, 1.82) is 10.5 Å². The second kappa shape index (κ2) is 5.55. The number of nitriles is 2. The van der Waals surface area contributed by atoms with Gasteiger partial charge in [-0.3, -0.25) is 4.79 Å². The first-order valence-corrected chi connectivity index (χ1v) is 6.62. The molecule has 0 atom stereocenters. The molecule has 0 saturated carbocycles. The molecule has 0 aliphatic heterocycles. The number of rotatable bonds is 2. The Morgan fingerprint density at radius 3 is 2.70 bits per heavy atom. The smallest absolute Gasteiger partial charge is 0.270 e. The van der Waals surface area contributed by atoms with Gasteiger partial charge in [-0.1, -0.05) is 17.8 Å². The molecule has 0 saturated heterocycles. The van der Waals surface area contributed by atoms with Gasteiger partial charge in [-0.15, -0.1) is 0 Å². The first-order chi connectivity index (χ1) is 9.62. The van der Waals surface area contributed by atoms with Gasteiger partial charge >= 0.3 is 0 Å². The molecule has 1 aromatic carbocycles. The summed E-state index contributed by atoms with van der Waals surface area (Å²) in [7, 11) is 0. The lowest BCUT2D eigenvalue weighted by Crippen LogP contribution is -2.15. The Labute approximate surface area is 117 Å². The molecule has 98 valence electrons. The molecule has 20 heavy (non-hydrogen) atoms. The Kier molecular flexibility index (Phi) is 3.83. The number of hydrogen-bond donors (Lipinski definition) is 1. The van der Waals surface area contributed by atoms with Crippen LogP contribution in [0.1, 0.15) is 11.1 Å². The van der Waals surface area contributed by atoms with Crippen LogP contribution in [0.5, 0.6) is 0 Å². The Balaban J connectivity index is 2.90. The summed E-state index contributed by atoms with van der Waals surface area (Å²) in [6.07, 6.45) is 1.68. The normalized spacial score (nSPS) is 9.80. The van der Waals surface area contributed by atoms with Crippen molar-refractivity contribution in [1.82, 2.24) is 9.97 Å². The van der Waals surface area contributed by atoms with Crippen molar-refractivity contribution in [2.75, 3.05) is 6.26 Å². The third kappa shape index (κ3) is 2.27. The molecule has 5 nitrogen and oxygen atoms in total. The minimum atomic E-state index is -0.703. The molecule has 0 amide bonds. The summed E-state index contributed by atoms with van der Waals surface area (Å²) < 4.78 is 14.0. The van der Waals surface area contributed by atoms with Crippen molar-refractivity contribution < 1.29 is 4.39 Å². The first kappa shape index (κ1) is 13.8. The highest BCUT2D eigenvalue weighted by Gasteiger charge is 2.19. The Morgan fingerprint density at radius 1 is 1.35 bits per heavy atom. The van der Waals surface area contributed by atoms with Crippen molar-refractivity contribution in [3.63, 3.8) is 0 Å². The van der Waals surface area contributed by atoms with E-state index in [1.54, 1.807) is 12.3 Å². The van der Waals surface area contributed by atoms with E-state index in [4.69, 9.17) is 10.5 Å². The van der Waals surface area contributed by atoms with Gasteiger partial charge in [0.2, 0.25) is 0 Å². The number of aromatic nitrogens is 2. The quantitative estimate of drug-likeness (QED) is 0.673. The molecule has 0 aliphatic rings. The summed E-state index contributed by atoms with van der Waals surface area (Å²) in [5, 5.41) is 18.3. The van der Waals surface area contributed by atoms with Gasteiger partial charge in [-0.25, -0.2) is 9.37 Å². The summed E-state index contributed by atoms with van der Waals surface area (Å²) in [4.78, 5) is 18.3. The van der Waals surface area contributed by atoms with Crippen molar-refractivity contribution in [3.05, 3.63) is 45.5 Å². The van der Waals surface area contributed by atoms with Gasteiger partial charge in [0.25, 0.3) is 5.56 Å². The molecule has 0 unspecified atom stereocenters. The molecule has 2 aromatic rings. The number of nitrogens with one attached hydrogen (secondary N) is 1. The first-order valence-electron chi connectivity index (χ1n) is 5.39. The van der Waals surface area contributed by atoms with E-state index in [1.165, 1.54) is 12.1 Å². The molecule has 1 aromatic heterocycles. The van der Waals surface area contributed by atoms with E-state index in [2.05, 4.69) is 9.97 Å². The number of aromatic amines is 1. The number of benzene rings is 1. The van der Waals surface area contributed by atoms with E-state index in [0.29, 0.717) is 0 Å². The summed E-state index contributed by atoms with van der Waals surface area (Å²) in [6, 6.07) is 7.47. The molecule has 1 heterocycles. The van der Waals surface area contributed by atoms with Gasteiger partial charge in [-0.2, -0.15) is 10.5 Å². The van der Waals surface area contributed by atoms with E-state index >= 15 is 0 Å². The van der Waals surface area contributed by atoms with Crippen LogP contribution in [0.2, 0.25) is 0 Å². The highest BCUT2D eigenvalue weighted by atomic mass is 32.2. The predicted molar refractivity (Wildman–Crippen MR) is 71.5 cm³/mol. The van der Waals surface area contributed by atoms with Gasteiger partial charge in [0, 0.05) is 0 Å². The zero-order valence-corrected chi connectivity index (χ0v) is 11.1. The molecule has 0 spiro atoms. The lowest BCUT2D eigenvalue weighted by atomic mass is 10.0. The van der Waals surface area contributed by atoms with Crippen LogP contribution < -0.4 is 5.56 Å². The van der Waals surface area contributed by atoms with Gasteiger partial charge in [0.05, 0.1) is 17.2 Å². The Hall–Kier alpha value is -2.64. The van der Waals surface area contributed by atoms with Gasteiger partial charge in [-0.05, 0) is 18.4 Å². The van der Waals surface area contributed by atoms with E-state index < -0.39 is 11.4 Å². The van der Waals surface area contributed by atoms with Crippen LogP contribution in [0, 0.1) is 28.5 Å². The monoisotopic (exact) mass is 286 g/mol. The zero-order chi connectivity index (χ0) is 14.7. The second-order valence-corrected chi connectivity index (χ2v) is 4.48. The van der Waals surface area contributed by atoms with Gasteiger partial charge in [0.15, 0.2) is 5.16 Å². The topological polar surface area (TPSA) is 93.3 Å². The Bertz CT molecular complexity index is 817. The third-order valence-corrected chi connectivity index (χ3v) is 3.15. The van der Waals surface area contributed by atoms with Crippen LogP contribution in [0.15, 0.2) is 28.2 Å². The zero-order valence-electron chi connectivity index (χ0n) is 10.3. The number of hydrogen-bond acceptors (Lipinski definition) is 5. The minimum Gasteiger partial charge on any atom is -0.300 e. The second-order valence-electron chi connectivity index (χ2n) is 3.68. The number of nitrogens with zero attached hydrogens (tertiary/aromatic N) is 3. The van der Waals surface area contributed by atoms with Crippen molar-refractivity contribution in [3.8, 4) is 23.4 Å². The summed E-state index contributed by atoms with van der Waals surface area (Å²) in [6.45, 7) is 0. The van der Waals surface area contributed by atoms with Crippen molar-refractivity contribution >= 4 is 11.8 Å². The average molecular weight is 286 g/mol. The molecule has 0 aliphatic carbocycles. The Morgan fingerprint density at radius 2 is 2.10 bits per heavy atom. The number of H-pyrrole nitrogens is 1. The molecule has 0 bridgehead atoms. The average Bonchev–Trinajstić information content (AvgIpc) is 2.46. The maximum atomic E-state index is 14.0. The maximum absolute atomic E-state index is 14.0. The lowest BCUT2D eigenvalue weighted by molar-refractivity contribution is 0.629. The van der Waals surface area contributed by atoms with Crippen LogP contribution in [0.3, 0.4) is 0 Å². The molecular formula is C13H7FN4OS. The molecule has 0 fully saturated rings. The molecule has 1 N–H and O–H groups in total. The standard InChI is InChI=1S/C13H7FN4OS/c1-20-13-17-11(8(6-16)12(19)18-13)10-7(5-15)3-2-4-9(10)14/h2-4H,1H3,(H,17,18,19). The van der Waals surface area contributed by atoms with E-state index in [1.807, 2.05) is 6.07 Å². The van der Waals surface area contributed by atoms with Crippen LogP contribution in [-0.4, -0.2) is 16.2 Å². The predicted octanol–water partition coefficient (Wildman–Crippen LogP) is 2.04. The fourth-order valence-corrected chi connectivity index (χ4v) is 2.07.